The molecular formula is C29H29ClN2O5. The average Bonchev–Trinajstić information content (AvgIpc) is 3.24. The molecule has 0 bridgehead atoms. The lowest BCUT2D eigenvalue weighted by Crippen LogP contribution is -2.28. The number of amides is 2. The number of benzene rings is 3. The molecule has 0 unspecified atom stereocenters. The van der Waals surface area contributed by atoms with Crippen LogP contribution >= 0.6 is 11.6 Å². The first-order valence-corrected chi connectivity index (χ1v) is 12.5. The van der Waals surface area contributed by atoms with E-state index in [-0.39, 0.29) is 18.9 Å². The fourth-order valence-electron chi connectivity index (χ4n) is 4.16. The van der Waals surface area contributed by atoms with Gasteiger partial charge in [0.05, 0.1) is 5.92 Å². The minimum absolute atomic E-state index is 0.0219. The van der Waals surface area contributed by atoms with Crippen LogP contribution < -0.4 is 15.0 Å². The van der Waals surface area contributed by atoms with Gasteiger partial charge in [-0.25, -0.2) is 0 Å². The number of hydrogen-bond acceptors (Lipinski definition) is 5. The van der Waals surface area contributed by atoms with E-state index in [0.29, 0.717) is 28.1 Å². The third-order valence-electron chi connectivity index (χ3n) is 6.08. The summed E-state index contributed by atoms with van der Waals surface area (Å²) < 4.78 is 11.3. The van der Waals surface area contributed by atoms with Gasteiger partial charge in [-0.3, -0.25) is 14.4 Å². The summed E-state index contributed by atoms with van der Waals surface area (Å²) in [6.07, 6.45) is 0.0219. The maximum Gasteiger partial charge on any atom is 0.311 e. The highest BCUT2D eigenvalue weighted by Gasteiger charge is 2.36. The molecule has 0 spiro atoms. The van der Waals surface area contributed by atoms with Crippen molar-refractivity contribution < 1.29 is 23.9 Å². The van der Waals surface area contributed by atoms with Crippen LogP contribution in [-0.2, 0) is 19.1 Å². The van der Waals surface area contributed by atoms with E-state index >= 15 is 0 Å². The molecule has 1 heterocycles. The molecule has 1 saturated heterocycles. The molecule has 1 N–H and O–H groups in total. The lowest BCUT2D eigenvalue weighted by Gasteiger charge is -2.18. The summed E-state index contributed by atoms with van der Waals surface area (Å²) in [5, 5.41) is 3.10. The number of esters is 1. The smallest absolute Gasteiger partial charge is 0.311 e. The Labute approximate surface area is 221 Å². The van der Waals surface area contributed by atoms with Crippen molar-refractivity contribution in [1.82, 2.24) is 0 Å². The fourth-order valence-corrected chi connectivity index (χ4v) is 4.35. The molecule has 1 atom stereocenters. The largest absolute Gasteiger partial charge is 0.457 e. The molecule has 0 aliphatic carbocycles. The van der Waals surface area contributed by atoms with E-state index in [0.717, 1.165) is 16.9 Å². The highest BCUT2D eigenvalue weighted by atomic mass is 35.5. The summed E-state index contributed by atoms with van der Waals surface area (Å²) in [5.74, 6) is -0.120. The van der Waals surface area contributed by atoms with Crippen molar-refractivity contribution in [3.05, 3.63) is 82.9 Å². The maximum absolute atomic E-state index is 12.6. The molecule has 8 heteroatoms. The van der Waals surface area contributed by atoms with Crippen molar-refractivity contribution in [2.24, 2.45) is 5.92 Å². The first-order valence-electron chi connectivity index (χ1n) is 12.1. The van der Waals surface area contributed by atoms with Crippen molar-refractivity contribution in [1.29, 1.82) is 0 Å². The second-order valence-corrected chi connectivity index (χ2v) is 9.80. The number of carbonyl (C=O) groups excluding carboxylic acids is 3. The van der Waals surface area contributed by atoms with Crippen LogP contribution in [0.15, 0.2) is 66.7 Å². The van der Waals surface area contributed by atoms with Crippen molar-refractivity contribution in [2.75, 3.05) is 23.4 Å². The van der Waals surface area contributed by atoms with Crippen LogP contribution in [0.25, 0.3) is 0 Å². The highest BCUT2D eigenvalue weighted by Crippen LogP contribution is 2.33. The molecule has 1 fully saturated rings. The maximum atomic E-state index is 12.6. The highest BCUT2D eigenvalue weighted by molar-refractivity contribution is 6.30. The Morgan fingerprint density at radius 2 is 1.84 bits per heavy atom. The van der Waals surface area contributed by atoms with Gasteiger partial charge in [0.25, 0.3) is 5.91 Å². The lowest BCUT2D eigenvalue weighted by atomic mass is 10.0. The first-order chi connectivity index (χ1) is 17.7. The van der Waals surface area contributed by atoms with Gasteiger partial charge in [0.1, 0.15) is 11.5 Å². The van der Waals surface area contributed by atoms with E-state index in [1.54, 1.807) is 53.4 Å². The quantitative estimate of drug-likeness (QED) is 0.363. The molecule has 192 valence electrons. The molecule has 4 rings (SSSR count). The number of hydrogen-bond donors (Lipinski definition) is 1. The molecule has 2 amide bonds. The van der Waals surface area contributed by atoms with Crippen LogP contribution in [0.3, 0.4) is 0 Å². The van der Waals surface area contributed by atoms with Crippen molar-refractivity contribution in [3.63, 3.8) is 0 Å². The van der Waals surface area contributed by atoms with Gasteiger partial charge < -0.3 is 19.7 Å². The van der Waals surface area contributed by atoms with Crippen LogP contribution in [-0.4, -0.2) is 30.9 Å². The van der Waals surface area contributed by atoms with Gasteiger partial charge in [0, 0.05) is 29.4 Å². The van der Waals surface area contributed by atoms with Crippen molar-refractivity contribution in [2.45, 2.75) is 33.1 Å². The summed E-state index contributed by atoms with van der Waals surface area (Å²) >= 11 is 5.91. The van der Waals surface area contributed by atoms with Gasteiger partial charge in [-0.2, -0.15) is 0 Å². The number of rotatable bonds is 8. The Kier molecular flexibility index (Phi) is 8.14. The van der Waals surface area contributed by atoms with E-state index in [4.69, 9.17) is 21.1 Å². The molecule has 7 nitrogen and oxygen atoms in total. The summed E-state index contributed by atoms with van der Waals surface area (Å²) in [6.45, 7) is 5.99. The summed E-state index contributed by atoms with van der Waals surface area (Å²) in [6, 6.07) is 20.0. The van der Waals surface area contributed by atoms with E-state index < -0.39 is 24.4 Å². The van der Waals surface area contributed by atoms with E-state index in [2.05, 4.69) is 31.3 Å². The fraction of sp³-hybridized carbons (Fsp3) is 0.276. The Bertz CT molecular complexity index is 1310. The summed E-state index contributed by atoms with van der Waals surface area (Å²) in [7, 11) is 0. The zero-order chi connectivity index (χ0) is 26.5. The normalized spacial score (nSPS) is 15.1. The monoisotopic (exact) mass is 520 g/mol. The number of nitrogens with one attached hydrogen (secondary N) is 1. The SMILES string of the molecule is Cc1ccc(C(C)C)c(Oc2ccc(N3C[C@@H](C(=O)OCC(=O)Nc4cccc(Cl)c4)CC3=O)cc2)c1. The van der Waals surface area contributed by atoms with E-state index in [1.807, 2.05) is 13.0 Å². The molecule has 1 aliphatic rings. The third kappa shape index (κ3) is 6.68. The standard InChI is InChI=1S/C29H29ClN2O5/c1-18(2)25-12-7-19(3)13-26(25)37-24-10-8-23(9-11-24)32-16-20(14-28(32)34)29(35)36-17-27(33)31-22-6-4-5-21(30)15-22/h4-13,15,18,20H,14,16-17H2,1-3H3,(H,31,33)/t20-/m0/s1. The topological polar surface area (TPSA) is 84.9 Å². The van der Waals surface area contributed by atoms with Crippen LogP contribution in [0, 0.1) is 12.8 Å². The average molecular weight is 521 g/mol. The number of nitrogens with zero attached hydrogens (tertiary/aromatic N) is 1. The molecule has 0 aromatic heterocycles. The van der Waals surface area contributed by atoms with Gasteiger partial charge in [0.15, 0.2) is 6.61 Å². The van der Waals surface area contributed by atoms with Crippen LogP contribution in [0.4, 0.5) is 11.4 Å². The third-order valence-corrected chi connectivity index (χ3v) is 6.31. The van der Waals surface area contributed by atoms with E-state index in [9.17, 15) is 14.4 Å². The number of ether oxygens (including phenoxy) is 2. The zero-order valence-electron chi connectivity index (χ0n) is 21.0. The number of halogens is 1. The molecule has 1 aliphatic heterocycles. The van der Waals surface area contributed by atoms with E-state index in [1.165, 1.54) is 0 Å². The van der Waals surface area contributed by atoms with Crippen LogP contribution in [0.1, 0.15) is 37.3 Å². The predicted molar refractivity (Wildman–Crippen MR) is 143 cm³/mol. The van der Waals surface area contributed by atoms with Gasteiger partial charge in [-0.05, 0) is 72.5 Å². The first kappa shape index (κ1) is 26.2. The zero-order valence-corrected chi connectivity index (χ0v) is 21.7. The summed E-state index contributed by atoms with van der Waals surface area (Å²) in [5.41, 5.74) is 3.40. The molecule has 0 saturated carbocycles. The van der Waals surface area contributed by atoms with Gasteiger partial charge in [-0.15, -0.1) is 0 Å². The van der Waals surface area contributed by atoms with Crippen LogP contribution in [0.5, 0.6) is 11.5 Å². The molecule has 0 radical (unpaired) electrons. The Hall–Kier alpha value is -3.84. The second kappa shape index (κ2) is 11.5. The van der Waals surface area contributed by atoms with Gasteiger partial charge >= 0.3 is 5.97 Å². The number of aryl methyl sites for hydroxylation is 1. The van der Waals surface area contributed by atoms with Gasteiger partial charge in [0.2, 0.25) is 5.91 Å². The minimum atomic E-state index is -0.650. The Morgan fingerprint density at radius 1 is 1.08 bits per heavy atom. The Morgan fingerprint density at radius 3 is 2.54 bits per heavy atom. The van der Waals surface area contributed by atoms with Crippen LogP contribution in [0.2, 0.25) is 5.02 Å². The second-order valence-electron chi connectivity index (χ2n) is 9.36. The molecule has 3 aromatic carbocycles. The van der Waals surface area contributed by atoms with Gasteiger partial charge in [-0.1, -0.05) is 43.6 Å². The number of anilines is 2. The number of carbonyl (C=O) groups is 3. The molecular weight excluding hydrogens is 492 g/mol. The molecule has 3 aromatic rings. The lowest BCUT2D eigenvalue weighted by molar-refractivity contribution is -0.151. The summed E-state index contributed by atoms with van der Waals surface area (Å²) in [4.78, 5) is 38.8. The predicted octanol–water partition coefficient (Wildman–Crippen LogP) is 6.10. The molecule has 37 heavy (non-hydrogen) atoms. The van der Waals surface area contributed by atoms with Crippen molar-refractivity contribution >= 4 is 40.8 Å². The van der Waals surface area contributed by atoms with Crippen molar-refractivity contribution in [3.8, 4) is 11.5 Å². The minimum Gasteiger partial charge on any atom is -0.457 e. The Balaban J connectivity index is 1.33.